The molecule has 2 aromatic carbocycles. The van der Waals surface area contributed by atoms with Crippen LogP contribution in [0.3, 0.4) is 0 Å². The predicted octanol–water partition coefficient (Wildman–Crippen LogP) is 3.61. The zero-order chi connectivity index (χ0) is 20.7. The number of ether oxygens (including phenoxy) is 1. The summed E-state index contributed by atoms with van der Waals surface area (Å²) in [7, 11) is 0. The summed E-state index contributed by atoms with van der Waals surface area (Å²) in [5.41, 5.74) is 4.68. The molecule has 156 valence electrons. The van der Waals surface area contributed by atoms with Crippen molar-refractivity contribution in [1.82, 2.24) is 10.2 Å². The number of benzene rings is 2. The first-order valence-electron chi connectivity index (χ1n) is 10.7. The highest BCUT2D eigenvalue weighted by atomic mass is 16.5. The van der Waals surface area contributed by atoms with E-state index in [1.165, 1.54) is 11.1 Å². The molecule has 2 aliphatic heterocycles. The van der Waals surface area contributed by atoms with E-state index in [9.17, 15) is 14.7 Å². The molecule has 5 rings (SSSR count). The molecule has 30 heavy (non-hydrogen) atoms. The van der Waals surface area contributed by atoms with Crippen molar-refractivity contribution >= 4 is 12.1 Å². The average molecular weight is 406 g/mol. The van der Waals surface area contributed by atoms with Gasteiger partial charge in [-0.1, -0.05) is 48.5 Å². The van der Waals surface area contributed by atoms with E-state index in [1.807, 2.05) is 29.2 Å². The largest absolute Gasteiger partial charge is 0.480 e. The van der Waals surface area contributed by atoms with Crippen LogP contribution >= 0.6 is 0 Å². The van der Waals surface area contributed by atoms with Gasteiger partial charge in [0.25, 0.3) is 0 Å². The Balaban J connectivity index is 1.27. The second-order valence-corrected chi connectivity index (χ2v) is 8.47. The molecular weight excluding hydrogens is 380 g/mol. The van der Waals surface area contributed by atoms with Crippen molar-refractivity contribution in [3.05, 3.63) is 59.7 Å². The number of carboxylic acid groups (broad SMARTS) is 1. The first-order valence-corrected chi connectivity index (χ1v) is 10.7. The molecule has 2 heterocycles. The Morgan fingerprint density at radius 2 is 1.67 bits per heavy atom. The van der Waals surface area contributed by atoms with Gasteiger partial charge in [-0.25, -0.2) is 4.79 Å². The lowest BCUT2D eigenvalue weighted by Gasteiger charge is -2.40. The molecule has 0 spiro atoms. The van der Waals surface area contributed by atoms with Crippen molar-refractivity contribution in [2.45, 2.75) is 49.7 Å². The van der Waals surface area contributed by atoms with E-state index in [0.717, 1.165) is 36.9 Å². The van der Waals surface area contributed by atoms with Crippen LogP contribution in [0.15, 0.2) is 48.5 Å². The third-order valence-corrected chi connectivity index (χ3v) is 6.87. The summed E-state index contributed by atoms with van der Waals surface area (Å²) in [6.07, 6.45) is 3.11. The summed E-state index contributed by atoms with van der Waals surface area (Å²) in [6.45, 7) is 1.02. The van der Waals surface area contributed by atoms with Crippen LogP contribution in [0.5, 0.6) is 0 Å². The molecule has 2 fully saturated rings. The molecule has 6 nitrogen and oxygen atoms in total. The summed E-state index contributed by atoms with van der Waals surface area (Å²) in [6, 6.07) is 15.6. The minimum atomic E-state index is -0.870. The number of aliphatic carboxylic acids is 1. The first-order chi connectivity index (χ1) is 14.6. The minimum absolute atomic E-state index is 0.00672. The highest BCUT2D eigenvalue weighted by molar-refractivity contribution is 5.79. The fourth-order valence-corrected chi connectivity index (χ4v) is 5.55. The highest BCUT2D eigenvalue weighted by Crippen LogP contribution is 2.44. The van der Waals surface area contributed by atoms with E-state index in [2.05, 4.69) is 29.6 Å². The number of alkyl carbamates (subject to hydrolysis) is 1. The zero-order valence-electron chi connectivity index (χ0n) is 16.8. The molecule has 6 heteroatoms. The van der Waals surface area contributed by atoms with Gasteiger partial charge >= 0.3 is 12.1 Å². The standard InChI is InChI=1S/C24H26N2O4/c27-23(28)22-21(12-11-15-6-5-13-26(15)22)25-24(29)30-14-20-18-9-3-1-7-16(18)17-8-2-4-10-19(17)20/h1-4,7-10,15,20-22H,5-6,11-14H2,(H,25,29)(H,27,28). The number of fused-ring (bicyclic) bond motifs is 4. The van der Waals surface area contributed by atoms with Crippen LogP contribution in [-0.2, 0) is 9.53 Å². The quantitative estimate of drug-likeness (QED) is 0.811. The van der Waals surface area contributed by atoms with Crippen LogP contribution < -0.4 is 5.32 Å². The van der Waals surface area contributed by atoms with Gasteiger partial charge in [-0.2, -0.15) is 0 Å². The van der Waals surface area contributed by atoms with Crippen LogP contribution in [0.2, 0.25) is 0 Å². The summed E-state index contributed by atoms with van der Waals surface area (Å²) in [5, 5.41) is 12.6. The zero-order valence-corrected chi connectivity index (χ0v) is 16.8. The highest BCUT2D eigenvalue weighted by Gasteiger charge is 2.44. The summed E-state index contributed by atoms with van der Waals surface area (Å²) in [4.78, 5) is 26.5. The molecule has 3 unspecified atom stereocenters. The van der Waals surface area contributed by atoms with Gasteiger partial charge in [-0.05, 0) is 54.5 Å². The van der Waals surface area contributed by atoms with E-state index >= 15 is 0 Å². The average Bonchev–Trinajstić information content (AvgIpc) is 3.34. The van der Waals surface area contributed by atoms with Gasteiger partial charge in [0.05, 0.1) is 6.04 Å². The lowest BCUT2D eigenvalue weighted by Crippen LogP contribution is -2.60. The molecule has 2 saturated heterocycles. The van der Waals surface area contributed by atoms with Crippen molar-refractivity contribution in [2.75, 3.05) is 13.2 Å². The van der Waals surface area contributed by atoms with E-state index in [0.29, 0.717) is 12.5 Å². The second-order valence-electron chi connectivity index (χ2n) is 8.47. The van der Waals surface area contributed by atoms with Crippen LogP contribution in [0.4, 0.5) is 4.79 Å². The van der Waals surface area contributed by atoms with E-state index in [4.69, 9.17) is 4.74 Å². The number of hydrogen-bond donors (Lipinski definition) is 2. The maximum atomic E-state index is 12.6. The summed E-state index contributed by atoms with van der Waals surface area (Å²) >= 11 is 0. The fraction of sp³-hybridized carbons (Fsp3) is 0.417. The molecule has 2 N–H and O–H groups in total. The van der Waals surface area contributed by atoms with Gasteiger partial charge in [0.15, 0.2) is 0 Å². The first kappa shape index (κ1) is 19.1. The number of piperidine rings is 1. The van der Waals surface area contributed by atoms with Crippen molar-refractivity contribution in [2.24, 2.45) is 0 Å². The maximum Gasteiger partial charge on any atom is 0.407 e. The molecule has 0 radical (unpaired) electrons. The van der Waals surface area contributed by atoms with Crippen molar-refractivity contribution in [3.8, 4) is 11.1 Å². The Morgan fingerprint density at radius 3 is 2.33 bits per heavy atom. The Hall–Kier alpha value is -2.86. The van der Waals surface area contributed by atoms with Gasteiger partial charge in [0, 0.05) is 12.0 Å². The second kappa shape index (κ2) is 7.76. The molecule has 1 amide bonds. The van der Waals surface area contributed by atoms with Crippen LogP contribution in [0, 0.1) is 0 Å². The topological polar surface area (TPSA) is 78.9 Å². The van der Waals surface area contributed by atoms with Crippen molar-refractivity contribution in [3.63, 3.8) is 0 Å². The van der Waals surface area contributed by atoms with Crippen LogP contribution in [-0.4, -0.2) is 53.3 Å². The molecule has 3 aliphatic rings. The molecule has 2 aromatic rings. The number of amides is 1. The monoisotopic (exact) mass is 406 g/mol. The molecular formula is C24H26N2O4. The smallest absolute Gasteiger partial charge is 0.407 e. The van der Waals surface area contributed by atoms with Crippen molar-refractivity contribution in [1.29, 1.82) is 0 Å². The third-order valence-electron chi connectivity index (χ3n) is 6.87. The third kappa shape index (κ3) is 3.25. The van der Waals surface area contributed by atoms with Gasteiger partial charge in [0.2, 0.25) is 0 Å². The number of carbonyl (C=O) groups is 2. The van der Waals surface area contributed by atoms with Crippen LogP contribution in [0.25, 0.3) is 11.1 Å². The Labute approximate surface area is 175 Å². The lowest BCUT2D eigenvalue weighted by molar-refractivity contribution is -0.146. The number of rotatable bonds is 4. The molecule has 0 aromatic heterocycles. The Bertz CT molecular complexity index is 930. The number of hydrogen-bond acceptors (Lipinski definition) is 4. The summed E-state index contributed by atoms with van der Waals surface area (Å²) < 4.78 is 5.62. The molecule has 3 atom stereocenters. The van der Waals surface area contributed by atoms with E-state index in [-0.39, 0.29) is 12.5 Å². The molecule has 1 aliphatic carbocycles. The van der Waals surface area contributed by atoms with Gasteiger partial charge in [0.1, 0.15) is 12.6 Å². The molecule has 0 bridgehead atoms. The fourth-order valence-electron chi connectivity index (χ4n) is 5.55. The minimum Gasteiger partial charge on any atom is -0.480 e. The summed E-state index contributed by atoms with van der Waals surface area (Å²) in [5.74, 6) is -0.877. The predicted molar refractivity (Wildman–Crippen MR) is 112 cm³/mol. The van der Waals surface area contributed by atoms with Gasteiger partial charge < -0.3 is 15.2 Å². The van der Waals surface area contributed by atoms with E-state index < -0.39 is 24.1 Å². The lowest BCUT2D eigenvalue weighted by atomic mass is 9.92. The van der Waals surface area contributed by atoms with Crippen LogP contribution in [0.1, 0.15) is 42.7 Å². The Morgan fingerprint density at radius 1 is 1.00 bits per heavy atom. The van der Waals surface area contributed by atoms with Crippen molar-refractivity contribution < 1.29 is 19.4 Å². The van der Waals surface area contributed by atoms with Gasteiger partial charge in [-0.15, -0.1) is 0 Å². The number of nitrogens with one attached hydrogen (secondary N) is 1. The Kier molecular flexibility index (Phi) is 4.95. The molecule has 0 saturated carbocycles. The normalized spacial score (nSPS) is 25.3. The SMILES string of the molecule is O=C(NC1CCC2CCCN2C1C(=O)O)OCC1c2ccccc2-c2ccccc21. The van der Waals surface area contributed by atoms with E-state index in [1.54, 1.807) is 0 Å². The maximum absolute atomic E-state index is 12.6. The van der Waals surface area contributed by atoms with Gasteiger partial charge in [-0.3, -0.25) is 9.69 Å². The number of nitrogens with zero attached hydrogens (tertiary/aromatic N) is 1. The number of carbonyl (C=O) groups excluding carboxylic acids is 1. The number of carboxylic acids is 1.